The van der Waals surface area contributed by atoms with Crippen LogP contribution in [-0.4, -0.2) is 160 Å². The molecule has 2 unspecified atom stereocenters. The van der Waals surface area contributed by atoms with Gasteiger partial charge in [0.1, 0.15) is 22.8 Å². The van der Waals surface area contributed by atoms with E-state index in [1.165, 1.54) is 6.92 Å². The Hall–Kier alpha value is -3.17. The molecular weight excluding hydrogens is 1430 g/mol. The Kier molecular flexibility index (Phi) is 55.6. The molecule has 0 heterocycles. The Morgan fingerprint density at radius 3 is 0.929 bits per heavy atom. The first-order chi connectivity index (χ1) is 49.8. The molecule has 2 amide bonds. The maximum absolute atomic E-state index is 12.6. The van der Waals surface area contributed by atoms with E-state index < -0.39 is 34.2 Å². The van der Waals surface area contributed by atoms with Gasteiger partial charge in [0.2, 0.25) is 5.91 Å². The van der Waals surface area contributed by atoms with Crippen LogP contribution in [0.1, 0.15) is 408 Å². The van der Waals surface area contributed by atoms with Crippen LogP contribution in [0, 0.1) is 37.9 Å². The van der Waals surface area contributed by atoms with Crippen molar-refractivity contribution in [2.24, 2.45) is 37.9 Å². The van der Waals surface area contributed by atoms with Gasteiger partial charge in [-0.2, -0.15) is 0 Å². The number of unbranched alkanes of at least 4 members (excludes halogenated alkanes) is 4. The van der Waals surface area contributed by atoms with Crippen molar-refractivity contribution in [2.75, 3.05) is 51.6 Å². The van der Waals surface area contributed by atoms with Crippen LogP contribution < -0.4 is 42.5 Å². The Bertz CT molecular complexity index is 2620. The topological polar surface area (TPSA) is 251 Å². The second-order valence-corrected chi connectivity index (χ2v) is 48.1. The van der Waals surface area contributed by atoms with Gasteiger partial charge in [-0.1, -0.05) is 145 Å². The molecule has 0 saturated carbocycles. The Balaban J connectivity index is -0.000000305. The molecule has 19 heteroatoms. The summed E-state index contributed by atoms with van der Waals surface area (Å²) in [4.78, 5) is 96.5. The fraction of sp³-hybridized carbons (Fsp3) is 0.915. The van der Waals surface area contributed by atoms with Gasteiger partial charge in [0.05, 0.1) is 16.8 Å². The van der Waals surface area contributed by atoms with Crippen molar-refractivity contribution in [3.05, 3.63) is 0 Å². The van der Waals surface area contributed by atoms with Crippen molar-refractivity contribution in [3.63, 3.8) is 0 Å². The lowest BCUT2D eigenvalue weighted by atomic mass is 9.72. The maximum atomic E-state index is 12.6. The van der Waals surface area contributed by atoms with E-state index in [0.717, 1.165) is 122 Å². The molecule has 113 heavy (non-hydrogen) atoms. The molecule has 0 saturated heterocycles. The van der Waals surface area contributed by atoms with E-state index in [0.29, 0.717) is 36.8 Å². The monoisotopic (exact) mass is 1630 g/mol. The number of nitrogens with one attached hydrogen (secondary N) is 8. The van der Waals surface area contributed by atoms with E-state index in [1.54, 1.807) is 11.8 Å². The van der Waals surface area contributed by atoms with Gasteiger partial charge in [-0.3, -0.25) is 33.6 Å². The fourth-order valence-corrected chi connectivity index (χ4v) is 12.6. The average Bonchev–Trinajstić information content (AvgIpc) is 0.924. The first-order valence-electron chi connectivity index (χ1n) is 43.1. The first-order valence-corrected chi connectivity index (χ1v) is 44.1. The lowest BCUT2D eigenvalue weighted by Crippen LogP contribution is -2.47. The van der Waals surface area contributed by atoms with Gasteiger partial charge in [0.25, 0.3) is 0 Å². The summed E-state index contributed by atoms with van der Waals surface area (Å²) in [6, 6.07) is -0.864. The number of ketones is 6. The number of thioether (sulfide) groups is 1. The van der Waals surface area contributed by atoms with Gasteiger partial charge >= 0.3 is 6.09 Å². The zero-order valence-electron chi connectivity index (χ0n) is 83.2. The Morgan fingerprint density at radius 1 is 0.319 bits per heavy atom. The number of carbonyl (C=O) groups is 8. The molecule has 0 fully saturated rings. The lowest BCUT2D eigenvalue weighted by molar-refractivity contribution is -0.148. The van der Waals surface area contributed by atoms with Crippen molar-refractivity contribution in [1.29, 1.82) is 0 Å². The Morgan fingerprint density at radius 2 is 0.628 bits per heavy atom. The highest BCUT2D eigenvalue weighted by Gasteiger charge is 2.39. The average molecular weight is 1630 g/mol. The number of hydrogen-bond acceptors (Lipinski definition) is 17. The SMILES string of the molecule is CC(=O)NC(CCCCNC(C)(C)C)C(=O)C(C)(C)C.CC(C)(C)NCCCC(C)(C)C(=O)C(C)(C)C.CC(C)(C)NCCCCC(NC(=O)OC(C)(C)C)C(=O)C(C)(C)C.CC(C)(C)NCCCCCC(=O)C(C)(C)C.CC(C)(C)NCCCOC(C)(C)C(=O)C(C)(C)C.CC(C)(C)NCCCSC(C)(C)C(=O)C(C)(C)C. The summed E-state index contributed by atoms with van der Waals surface area (Å²) < 4.78 is 10.8. The largest absolute Gasteiger partial charge is 0.444 e. The van der Waals surface area contributed by atoms with Crippen LogP contribution in [0.4, 0.5) is 4.79 Å². The second-order valence-electron chi connectivity index (χ2n) is 46.4. The molecule has 0 aliphatic carbocycles. The predicted octanol–water partition coefficient (Wildman–Crippen LogP) is 21.1. The van der Waals surface area contributed by atoms with Crippen molar-refractivity contribution < 1.29 is 47.8 Å². The third kappa shape index (κ3) is 74.8. The standard InChI is InChI=1S/C19H38N2O3.C16H32N2O2.C15H31NO2.C15H31NOS.C15H31NO.C14H29NO/c1-17(2,3)15(22)14(21-16(23)24-19(7,8)9)12-10-11-13-20-18(4,5)6;1-12(19)18-13(14(20)15(2,3)4)10-8-9-11-17-16(5,6)7;2*1-13(2,3)12(17)15(7,8)18-11-9-10-16-14(4,5)6;1-13(2,3)12(17)15(7,8)10-9-11-16-14(4,5)6;1-13(2,3)12(16)10-8-7-9-11-15-14(4,5)6/h14,20H,10-13H2,1-9H3,(H,21,23);13,17H,8-11H2,1-7H3,(H,18,19);2*16H,9-11H2,1-8H3;16H,9-11H2,1-8H3;15H,7-11H2,1-6H3. The van der Waals surface area contributed by atoms with Gasteiger partial charge in [0, 0.05) is 91.1 Å². The van der Waals surface area contributed by atoms with E-state index in [9.17, 15) is 38.4 Å². The zero-order chi connectivity index (χ0) is 91.1. The number of rotatable bonds is 37. The van der Waals surface area contributed by atoms with E-state index in [-0.39, 0.29) is 94.4 Å². The van der Waals surface area contributed by atoms with Crippen LogP contribution in [0.3, 0.4) is 0 Å². The lowest BCUT2D eigenvalue weighted by Gasteiger charge is -2.31. The van der Waals surface area contributed by atoms with Gasteiger partial charge in [-0.15, -0.1) is 11.8 Å². The summed E-state index contributed by atoms with van der Waals surface area (Å²) in [7, 11) is 0. The highest BCUT2D eigenvalue weighted by Crippen LogP contribution is 2.35. The third-order valence-electron chi connectivity index (χ3n) is 17.2. The van der Waals surface area contributed by atoms with Crippen LogP contribution in [0.5, 0.6) is 0 Å². The molecule has 0 spiro atoms. The minimum absolute atomic E-state index is 0.0390. The summed E-state index contributed by atoms with van der Waals surface area (Å²) in [5, 5.41) is 26.2. The molecule has 8 N–H and O–H groups in total. The smallest absolute Gasteiger partial charge is 0.408 e. The quantitative estimate of drug-likeness (QED) is 0.0269. The number of Topliss-reactive ketones (excluding diaryl/α,β-unsaturated/α-hetero) is 6. The van der Waals surface area contributed by atoms with Crippen molar-refractivity contribution >= 4 is 58.5 Å². The minimum Gasteiger partial charge on any atom is -0.444 e. The summed E-state index contributed by atoms with van der Waals surface area (Å²) in [6.07, 6.45) is 12.6. The third-order valence-corrected chi connectivity index (χ3v) is 18.6. The predicted molar refractivity (Wildman–Crippen MR) is 489 cm³/mol. The van der Waals surface area contributed by atoms with E-state index in [4.69, 9.17) is 9.47 Å². The number of alkyl carbamates (subject to hydrolysis) is 1. The normalized spacial score (nSPS) is 13.8. The zero-order valence-corrected chi connectivity index (χ0v) is 84.0. The molecule has 0 bridgehead atoms. The van der Waals surface area contributed by atoms with Crippen LogP contribution >= 0.6 is 11.8 Å². The summed E-state index contributed by atoms with van der Waals surface area (Å²) >= 11 is 1.77. The van der Waals surface area contributed by atoms with Crippen LogP contribution in [0.15, 0.2) is 0 Å². The maximum Gasteiger partial charge on any atom is 0.408 e. The molecule has 0 aliphatic rings. The molecule has 0 aromatic heterocycles. The van der Waals surface area contributed by atoms with Gasteiger partial charge in [-0.25, -0.2) is 4.79 Å². The molecule has 0 aliphatic heterocycles. The number of carbonyl (C=O) groups excluding carboxylic acids is 8. The van der Waals surface area contributed by atoms with Crippen LogP contribution in [-0.2, 0) is 43.0 Å². The molecule has 2 atom stereocenters. The highest BCUT2D eigenvalue weighted by molar-refractivity contribution is 8.01. The van der Waals surface area contributed by atoms with Gasteiger partial charge in [-0.05, 0) is 295 Å². The number of ether oxygens (including phenoxy) is 2. The minimum atomic E-state index is -0.694. The summed E-state index contributed by atoms with van der Waals surface area (Å²) in [5.74, 6) is 2.27. The van der Waals surface area contributed by atoms with E-state index in [1.807, 2.05) is 173 Å². The first kappa shape index (κ1) is 121. The van der Waals surface area contributed by atoms with E-state index >= 15 is 0 Å². The molecule has 0 aromatic carbocycles. The molecule has 674 valence electrons. The van der Waals surface area contributed by atoms with Crippen LogP contribution in [0.2, 0.25) is 0 Å². The fourth-order valence-electron chi connectivity index (χ4n) is 11.4. The van der Waals surface area contributed by atoms with E-state index in [2.05, 4.69) is 181 Å². The number of amides is 2. The highest BCUT2D eigenvalue weighted by atomic mass is 32.2. The molecule has 0 aromatic rings. The molecule has 0 rings (SSSR count). The van der Waals surface area contributed by atoms with Crippen molar-refractivity contribution in [2.45, 2.75) is 470 Å². The molecular formula is C94H192N8O10S. The van der Waals surface area contributed by atoms with Crippen molar-refractivity contribution in [3.8, 4) is 0 Å². The van der Waals surface area contributed by atoms with Crippen molar-refractivity contribution in [1.82, 2.24) is 42.5 Å². The summed E-state index contributed by atoms with van der Waals surface area (Å²) in [5.41, 5.74) is -2.49. The summed E-state index contributed by atoms with van der Waals surface area (Å²) in [6.45, 7) is 99.1. The Labute approximate surface area is 704 Å². The van der Waals surface area contributed by atoms with Gasteiger partial charge in [0.15, 0.2) is 23.1 Å². The van der Waals surface area contributed by atoms with Gasteiger partial charge < -0.3 is 52.0 Å². The molecule has 0 radical (unpaired) electrons. The second kappa shape index (κ2) is 52.1. The number of hydrogen-bond donors (Lipinski definition) is 8. The van der Waals surface area contributed by atoms with Crippen LogP contribution in [0.25, 0.3) is 0 Å². The molecule has 18 nitrogen and oxygen atoms in total.